The number of carboxylic acid groups (broad SMARTS) is 1. The van der Waals surface area contributed by atoms with Crippen LogP contribution < -0.4 is 10.6 Å². The van der Waals surface area contributed by atoms with Gasteiger partial charge >= 0.3 is 5.97 Å². The highest BCUT2D eigenvalue weighted by Gasteiger charge is 2.35. The smallest absolute Gasteiger partial charge is 0.306 e. The van der Waals surface area contributed by atoms with Crippen molar-refractivity contribution in [2.45, 2.75) is 39.3 Å². The highest BCUT2D eigenvalue weighted by molar-refractivity contribution is 5.91. The number of hydrogen-bond acceptors (Lipinski definition) is 4. The Morgan fingerprint density at radius 2 is 1.47 bits per heavy atom. The molecule has 34 heavy (non-hydrogen) atoms. The van der Waals surface area contributed by atoms with Crippen LogP contribution in [0, 0.1) is 5.41 Å². The van der Waals surface area contributed by atoms with Crippen molar-refractivity contribution in [3.8, 4) is 22.3 Å². The van der Waals surface area contributed by atoms with Crippen molar-refractivity contribution < 1.29 is 19.5 Å². The van der Waals surface area contributed by atoms with Crippen LogP contribution in [-0.2, 0) is 14.4 Å². The lowest BCUT2D eigenvalue weighted by Gasteiger charge is -2.31. The second-order valence-corrected chi connectivity index (χ2v) is 9.20. The molecule has 0 aliphatic carbocycles. The molecule has 0 radical (unpaired) electrons. The molecule has 0 saturated heterocycles. The number of carbonyl (C=O) groups excluding carboxylic acids is 2. The summed E-state index contributed by atoms with van der Waals surface area (Å²) in [6.45, 7) is 5.51. The molecule has 2 heterocycles. The van der Waals surface area contributed by atoms with Crippen molar-refractivity contribution in [1.29, 1.82) is 0 Å². The van der Waals surface area contributed by atoms with Gasteiger partial charge in [0.1, 0.15) is 12.1 Å². The quantitative estimate of drug-likeness (QED) is 0.474. The number of amides is 2. The zero-order valence-electron chi connectivity index (χ0n) is 19.8. The van der Waals surface area contributed by atoms with E-state index in [9.17, 15) is 19.5 Å². The van der Waals surface area contributed by atoms with Gasteiger partial charge in [-0.25, -0.2) is 0 Å². The van der Waals surface area contributed by atoms with Crippen molar-refractivity contribution in [1.82, 2.24) is 20.2 Å². The van der Waals surface area contributed by atoms with Crippen LogP contribution in [0.15, 0.2) is 67.3 Å². The summed E-state index contributed by atoms with van der Waals surface area (Å²) in [5, 5.41) is 14.7. The van der Waals surface area contributed by atoms with E-state index in [4.69, 9.17) is 0 Å². The fourth-order valence-corrected chi connectivity index (χ4v) is 3.73. The second-order valence-electron chi connectivity index (χ2n) is 9.20. The number of benzene rings is 1. The molecule has 3 N–H and O–H groups in total. The van der Waals surface area contributed by atoms with Gasteiger partial charge in [-0.05, 0) is 45.9 Å². The first-order valence-corrected chi connectivity index (χ1v) is 11.0. The monoisotopic (exact) mass is 462 g/mol. The number of nitrogens with one attached hydrogen (secondary N) is 2. The summed E-state index contributed by atoms with van der Waals surface area (Å²) in [6, 6.07) is 11.8. The van der Waals surface area contributed by atoms with Crippen molar-refractivity contribution in [2.24, 2.45) is 5.41 Å². The van der Waals surface area contributed by atoms with Gasteiger partial charge in [0.15, 0.2) is 0 Å². The standard InChI is InChI=1S/C26H30N4O4/c1-26(2,3)23(25(34)27-4)29-24(33)21(15-22(31)32)30-14-11-20(16-30)18-7-5-17(6-8-18)19-9-12-28-13-10-19/h5-14,16,21,23H,15H2,1-4H3,(H,27,34)(H,29,33)(H,31,32)/t21-,23-/m1/s1. The third-order valence-electron chi connectivity index (χ3n) is 5.64. The Morgan fingerprint density at radius 3 is 2.00 bits per heavy atom. The minimum absolute atomic E-state index is 0.336. The number of hydrogen-bond donors (Lipinski definition) is 3. The summed E-state index contributed by atoms with van der Waals surface area (Å²) in [7, 11) is 1.50. The maximum absolute atomic E-state index is 13.1. The van der Waals surface area contributed by atoms with Gasteiger partial charge in [0.25, 0.3) is 0 Å². The Balaban J connectivity index is 1.84. The molecule has 0 unspecified atom stereocenters. The molecule has 178 valence electrons. The number of nitrogens with zero attached hydrogens (tertiary/aromatic N) is 2. The van der Waals surface area contributed by atoms with Crippen molar-refractivity contribution in [3.63, 3.8) is 0 Å². The molecular weight excluding hydrogens is 432 g/mol. The summed E-state index contributed by atoms with van der Waals surface area (Å²) < 4.78 is 1.58. The first kappa shape index (κ1) is 24.7. The summed E-state index contributed by atoms with van der Waals surface area (Å²) in [5.41, 5.74) is 3.34. The van der Waals surface area contributed by atoms with Crippen LogP contribution in [0.1, 0.15) is 33.2 Å². The van der Waals surface area contributed by atoms with Crippen LogP contribution in [0.2, 0.25) is 0 Å². The molecule has 2 atom stereocenters. The molecule has 8 heteroatoms. The fourth-order valence-electron chi connectivity index (χ4n) is 3.73. The van der Waals surface area contributed by atoms with E-state index in [1.807, 2.05) is 63.2 Å². The summed E-state index contributed by atoms with van der Waals surface area (Å²) in [4.78, 5) is 41.0. The maximum atomic E-state index is 13.1. The number of aliphatic carboxylic acids is 1. The number of likely N-dealkylation sites (N-methyl/N-ethyl adjacent to an activating group) is 1. The van der Waals surface area contributed by atoms with Gasteiger partial charge in [0.2, 0.25) is 11.8 Å². The molecule has 0 fully saturated rings. The summed E-state index contributed by atoms with van der Waals surface area (Å²) in [6.07, 6.45) is 6.51. The molecule has 3 rings (SSSR count). The van der Waals surface area contributed by atoms with Gasteiger partial charge in [-0.1, -0.05) is 45.0 Å². The van der Waals surface area contributed by atoms with E-state index in [1.54, 1.807) is 29.4 Å². The average Bonchev–Trinajstić information content (AvgIpc) is 3.30. The minimum Gasteiger partial charge on any atom is -0.481 e. The predicted molar refractivity (Wildman–Crippen MR) is 130 cm³/mol. The number of carboxylic acids is 1. The van der Waals surface area contributed by atoms with Crippen molar-refractivity contribution >= 4 is 17.8 Å². The highest BCUT2D eigenvalue weighted by atomic mass is 16.4. The molecule has 2 aromatic heterocycles. The lowest BCUT2D eigenvalue weighted by atomic mass is 9.86. The van der Waals surface area contributed by atoms with Gasteiger partial charge in [0, 0.05) is 31.8 Å². The number of pyridine rings is 1. The Bertz CT molecular complexity index is 1150. The zero-order valence-corrected chi connectivity index (χ0v) is 19.8. The molecule has 8 nitrogen and oxygen atoms in total. The van der Waals surface area contributed by atoms with Gasteiger partial charge in [-0.2, -0.15) is 0 Å². The minimum atomic E-state index is -1.11. The Morgan fingerprint density at radius 1 is 0.912 bits per heavy atom. The van der Waals surface area contributed by atoms with Crippen LogP contribution in [0.3, 0.4) is 0 Å². The lowest BCUT2D eigenvalue weighted by Crippen LogP contribution is -2.54. The first-order valence-electron chi connectivity index (χ1n) is 11.0. The topological polar surface area (TPSA) is 113 Å². The normalized spacial score (nSPS) is 13.1. The van der Waals surface area contributed by atoms with Gasteiger partial charge in [0.05, 0.1) is 6.42 Å². The van der Waals surface area contributed by atoms with Crippen molar-refractivity contribution in [2.75, 3.05) is 7.05 Å². The molecule has 0 bridgehead atoms. The van der Waals surface area contributed by atoms with Crippen LogP contribution in [0.25, 0.3) is 22.3 Å². The average molecular weight is 463 g/mol. The summed E-state index contributed by atoms with van der Waals surface area (Å²) in [5.74, 6) is -1.97. The SMILES string of the molecule is CNC(=O)[C@@H](NC(=O)[C@@H](CC(=O)O)n1ccc(-c2ccc(-c3ccncc3)cc2)c1)C(C)(C)C. The molecule has 1 aromatic carbocycles. The fraction of sp³-hybridized carbons (Fsp3) is 0.308. The Hall–Kier alpha value is -3.94. The maximum Gasteiger partial charge on any atom is 0.306 e. The molecule has 0 aliphatic heterocycles. The largest absolute Gasteiger partial charge is 0.481 e. The van der Waals surface area contributed by atoms with E-state index in [1.165, 1.54) is 7.05 Å². The zero-order chi connectivity index (χ0) is 24.9. The van der Waals surface area contributed by atoms with E-state index < -0.39 is 35.8 Å². The number of rotatable bonds is 8. The third kappa shape index (κ3) is 5.89. The van der Waals surface area contributed by atoms with E-state index >= 15 is 0 Å². The van der Waals surface area contributed by atoms with Gasteiger partial charge < -0.3 is 20.3 Å². The van der Waals surface area contributed by atoms with E-state index in [0.717, 1.165) is 22.3 Å². The van der Waals surface area contributed by atoms with Gasteiger partial charge in [-0.15, -0.1) is 0 Å². The van der Waals surface area contributed by atoms with E-state index in [2.05, 4.69) is 15.6 Å². The Labute approximate surface area is 199 Å². The van der Waals surface area contributed by atoms with Gasteiger partial charge in [-0.3, -0.25) is 19.4 Å². The van der Waals surface area contributed by atoms with Crippen LogP contribution in [-0.4, -0.2) is 45.5 Å². The number of carbonyl (C=O) groups is 3. The molecule has 0 saturated carbocycles. The molecule has 0 aliphatic rings. The molecule has 2 amide bonds. The van der Waals surface area contributed by atoms with E-state index in [0.29, 0.717) is 0 Å². The lowest BCUT2D eigenvalue weighted by molar-refractivity contribution is -0.141. The number of aromatic nitrogens is 2. The van der Waals surface area contributed by atoms with E-state index in [-0.39, 0.29) is 5.91 Å². The molecule has 3 aromatic rings. The second kappa shape index (κ2) is 10.3. The highest BCUT2D eigenvalue weighted by Crippen LogP contribution is 2.27. The van der Waals surface area contributed by atoms with Crippen LogP contribution >= 0.6 is 0 Å². The van der Waals surface area contributed by atoms with Crippen LogP contribution in [0.5, 0.6) is 0 Å². The first-order chi connectivity index (χ1) is 16.1. The van der Waals surface area contributed by atoms with Crippen LogP contribution in [0.4, 0.5) is 0 Å². The van der Waals surface area contributed by atoms with Crippen molar-refractivity contribution in [3.05, 3.63) is 67.3 Å². The predicted octanol–water partition coefficient (Wildman–Crippen LogP) is 3.51. The summed E-state index contributed by atoms with van der Waals surface area (Å²) >= 11 is 0. The third-order valence-corrected chi connectivity index (χ3v) is 5.64. The Kier molecular flexibility index (Phi) is 7.50. The molecule has 0 spiro atoms. The molecular formula is C26H30N4O4.